The zero-order chi connectivity index (χ0) is 12.6. The summed E-state index contributed by atoms with van der Waals surface area (Å²) in [6.45, 7) is 6.10. The van der Waals surface area contributed by atoms with E-state index in [2.05, 4.69) is 6.92 Å². The van der Waals surface area contributed by atoms with Crippen molar-refractivity contribution in [3.63, 3.8) is 0 Å². The van der Waals surface area contributed by atoms with Crippen molar-refractivity contribution in [3.05, 3.63) is 29.5 Å². The molecule has 92 valence electrons. The van der Waals surface area contributed by atoms with Crippen LogP contribution in [-0.4, -0.2) is 12.6 Å². The molecule has 2 N–H and O–H groups in total. The van der Waals surface area contributed by atoms with Crippen LogP contribution in [0.5, 0.6) is 5.75 Å². The predicted octanol–water partition coefficient (Wildman–Crippen LogP) is 3.03. The van der Waals surface area contributed by atoms with Crippen molar-refractivity contribution < 1.29 is 9.15 Å². The van der Waals surface area contributed by atoms with Crippen molar-refractivity contribution in [2.45, 2.75) is 32.7 Å². The lowest BCUT2D eigenvalue weighted by molar-refractivity contribution is 0.406. The average Bonchev–Trinajstić information content (AvgIpc) is 2.64. The molecule has 17 heavy (non-hydrogen) atoms. The number of methoxy groups -OCH3 is 1. The number of aryl methyl sites for hydroxylation is 1. The van der Waals surface area contributed by atoms with E-state index in [9.17, 15) is 0 Å². The Hall–Kier alpha value is -1.48. The van der Waals surface area contributed by atoms with Gasteiger partial charge in [-0.25, -0.2) is 0 Å². The van der Waals surface area contributed by atoms with Gasteiger partial charge in [0.15, 0.2) is 0 Å². The van der Waals surface area contributed by atoms with Gasteiger partial charge >= 0.3 is 0 Å². The van der Waals surface area contributed by atoms with Gasteiger partial charge in [-0.3, -0.25) is 0 Å². The summed E-state index contributed by atoms with van der Waals surface area (Å²) >= 11 is 0. The zero-order valence-electron chi connectivity index (χ0n) is 10.8. The molecule has 2 aromatic rings. The van der Waals surface area contributed by atoms with Gasteiger partial charge in [0.1, 0.15) is 11.3 Å². The number of hydrogen-bond acceptors (Lipinski definition) is 3. The fourth-order valence-electron chi connectivity index (χ4n) is 2.15. The first kappa shape index (κ1) is 12.0. The van der Waals surface area contributed by atoms with E-state index < -0.39 is 0 Å². The molecule has 3 heteroatoms. The maximum Gasteiger partial charge on any atom is 0.137 e. The van der Waals surface area contributed by atoms with Gasteiger partial charge in [0, 0.05) is 5.54 Å². The monoisotopic (exact) mass is 233 g/mol. The van der Waals surface area contributed by atoms with Crippen molar-refractivity contribution in [1.82, 2.24) is 0 Å². The fourth-order valence-corrected chi connectivity index (χ4v) is 2.15. The van der Waals surface area contributed by atoms with E-state index in [1.807, 2.05) is 26.0 Å². The number of nitrogens with two attached hydrogens (primary N) is 1. The second-order valence-electron chi connectivity index (χ2n) is 5.20. The Morgan fingerprint density at radius 3 is 2.71 bits per heavy atom. The van der Waals surface area contributed by atoms with E-state index >= 15 is 0 Å². The average molecular weight is 233 g/mol. The van der Waals surface area contributed by atoms with E-state index in [4.69, 9.17) is 14.9 Å². The highest BCUT2D eigenvalue weighted by Gasteiger charge is 2.19. The van der Waals surface area contributed by atoms with E-state index in [0.717, 1.165) is 34.3 Å². The van der Waals surface area contributed by atoms with Crippen molar-refractivity contribution in [3.8, 4) is 5.75 Å². The molecular formula is C14H19NO2. The molecular weight excluding hydrogens is 214 g/mol. The summed E-state index contributed by atoms with van der Waals surface area (Å²) in [4.78, 5) is 0. The molecule has 0 aliphatic heterocycles. The number of ether oxygens (including phenoxy) is 1. The molecule has 0 saturated carbocycles. The van der Waals surface area contributed by atoms with Crippen LogP contribution in [0.2, 0.25) is 0 Å². The van der Waals surface area contributed by atoms with Gasteiger partial charge in [0.2, 0.25) is 0 Å². The summed E-state index contributed by atoms with van der Waals surface area (Å²) in [6, 6.07) is 3.97. The summed E-state index contributed by atoms with van der Waals surface area (Å²) < 4.78 is 10.9. The SMILES string of the molecule is COc1c(CC(C)(C)N)c(C)cc2occc12. The van der Waals surface area contributed by atoms with Gasteiger partial charge in [0.05, 0.1) is 18.8 Å². The van der Waals surface area contributed by atoms with Crippen LogP contribution >= 0.6 is 0 Å². The summed E-state index contributed by atoms with van der Waals surface area (Å²) in [6.07, 6.45) is 2.47. The van der Waals surface area contributed by atoms with Crippen LogP contribution in [0.3, 0.4) is 0 Å². The van der Waals surface area contributed by atoms with Gasteiger partial charge in [0.25, 0.3) is 0 Å². The molecule has 0 aliphatic rings. The second-order valence-corrected chi connectivity index (χ2v) is 5.20. The second kappa shape index (κ2) is 4.08. The molecule has 0 aliphatic carbocycles. The predicted molar refractivity (Wildman–Crippen MR) is 69.5 cm³/mol. The smallest absolute Gasteiger partial charge is 0.137 e. The Bertz CT molecular complexity index is 535. The maximum atomic E-state index is 6.10. The first-order valence-electron chi connectivity index (χ1n) is 5.75. The third kappa shape index (κ3) is 2.29. The molecule has 0 amide bonds. The maximum absolute atomic E-state index is 6.10. The number of hydrogen-bond donors (Lipinski definition) is 1. The van der Waals surface area contributed by atoms with E-state index in [1.54, 1.807) is 13.4 Å². The highest BCUT2D eigenvalue weighted by atomic mass is 16.5. The van der Waals surface area contributed by atoms with Crippen molar-refractivity contribution in [2.75, 3.05) is 7.11 Å². The third-order valence-corrected chi connectivity index (χ3v) is 2.87. The van der Waals surface area contributed by atoms with Gasteiger partial charge in [-0.05, 0) is 50.5 Å². The van der Waals surface area contributed by atoms with Crippen molar-refractivity contribution >= 4 is 11.0 Å². The van der Waals surface area contributed by atoms with Crippen LogP contribution in [0.15, 0.2) is 22.8 Å². The molecule has 3 nitrogen and oxygen atoms in total. The molecule has 0 spiro atoms. The third-order valence-electron chi connectivity index (χ3n) is 2.87. The van der Waals surface area contributed by atoms with Crippen LogP contribution in [0.1, 0.15) is 25.0 Å². The minimum absolute atomic E-state index is 0.255. The van der Waals surface area contributed by atoms with Crippen LogP contribution in [0.25, 0.3) is 11.0 Å². The molecule has 0 fully saturated rings. The largest absolute Gasteiger partial charge is 0.496 e. The molecule has 0 unspecified atom stereocenters. The number of benzene rings is 1. The van der Waals surface area contributed by atoms with Crippen LogP contribution in [0.4, 0.5) is 0 Å². The topological polar surface area (TPSA) is 48.4 Å². The lowest BCUT2D eigenvalue weighted by Gasteiger charge is -2.22. The van der Waals surface area contributed by atoms with Gasteiger partial charge < -0.3 is 14.9 Å². The van der Waals surface area contributed by atoms with Crippen LogP contribution in [-0.2, 0) is 6.42 Å². The minimum atomic E-state index is -0.255. The normalized spacial score (nSPS) is 12.1. The lowest BCUT2D eigenvalue weighted by Crippen LogP contribution is -2.34. The quantitative estimate of drug-likeness (QED) is 0.886. The Morgan fingerprint density at radius 2 is 2.12 bits per heavy atom. The van der Waals surface area contributed by atoms with Crippen LogP contribution in [0, 0.1) is 6.92 Å². The molecule has 1 aromatic heterocycles. The number of rotatable bonds is 3. The molecule has 0 atom stereocenters. The van der Waals surface area contributed by atoms with Gasteiger partial charge in [-0.2, -0.15) is 0 Å². The highest BCUT2D eigenvalue weighted by molar-refractivity contribution is 5.86. The molecule has 0 saturated heterocycles. The van der Waals surface area contributed by atoms with E-state index in [1.165, 1.54) is 0 Å². The molecule has 0 radical (unpaired) electrons. The zero-order valence-corrected chi connectivity index (χ0v) is 10.8. The van der Waals surface area contributed by atoms with Crippen molar-refractivity contribution in [1.29, 1.82) is 0 Å². The van der Waals surface area contributed by atoms with Crippen LogP contribution < -0.4 is 10.5 Å². The Kier molecular flexibility index (Phi) is 2.87. The van der Waals surface area contributed by atoms with Gasteiger partial charge in [-0.1, -0.05) is 0 Å². The number of fused-ring (bicyclic) bond motifs is 1. The first-order chi connectivity index (χ1) is 7.92. The standard InChI is InChI=1S/C14H19NO2/c1-9-7-12-10(5-6-17-12)13(16-4)11(9)8-14(2,3)15/h5-7H,8,15H2,1-4H3. The summed E-state index contributed by atoms with van der Waals surface area (Å²) in [5, 5.41) is 1.01. The summed E-state index contributed by atoms with van der Waals surface area (Å²) in [7, 11) is 1.69. The van der Waals surface area contributed by atoms with Crippen molar-refractivity contribution in [2.24, 2.45) is 5.73 Å². The fraction of sp³-hybridized carbons (Fsp3) is 0.429. The molecule has 2 rings (SSSR count). The molecule has 0 bridgehead atoms. The summed E-state index contributed by atoms with van der Waals surface area (Å²) in [5.41, 5.74) is 9.02. The van der Waals surface area contributed by atoms with E-state index in [0.29, 0.717) is 0 Å². The number of furan rings is 1. The minimum Gasteiger partial charge on any atom is -0.496 e. The molecule has 1 aromatic carbocycles. The highest BCUT2D eigenvalue weighted by Crippen LogP contribution is 2.34. The Labute approximate surface area is 102 Å². The Morgan fingerprint density at radius 1 is 1.41 bits per heavy atom. The molecule has 1 heterocycles. The lowest BCUT2D eigenvalue weighted by atomic mass is 9.91. The Balaban J connectivity index is 2.63. The summed E-state index contributed by atoms with van der Waals surface area (Å²) in [5.74, 6) is 0.882. The first-order valence-corrected chi connectivity index (χ1v) is 5.75. The van der Waals surface area contributed by atoms with E-state index in [-0.39, 0.29) is 5.54 Å². The van der Waals surface area contributed by atoms with Gasteiger partial charge in [-0.15, -0.1) is 0 Å².